The predicted molar refractivity (Wildman–Crippen MR) is 69.6 cm³/mol. The van der Waals surface area contributed by atoms with E-state index in [9.17, 15) is 4.39 Å². The minimum absolute atomic E-state index is 0.239. The van der Waals surface area contributed by atoms with Crippen LogP contribution in [0.25, 0.3) is 0 Å². The summed E-state index contributed by atoms with van der Waals surface area (Å²) in [6.45, 7) is 2.30. The Labute approximate surface area is 109 Å². The Kier molecular flexibility index (Phi) is 3.98. The van der Waals surface area contributed by atoms with Crippen LogP contribution in [0.1, 0.15) is 17.0 Å². The maximum Gasteiger partial charge on any atom is 0.191 e. The van der Waals surface area contributed by atoms with Gasteiger partial charge in [-0.25, -0.2) is 4.39 Å². The number of thioether (sulfide) groups is 1. The van der Waals surface area contributed by atoms with Crippen molar-refractivity contribution in [2.45, 2.75) is 24.4 Å². The highest BCUT2D eigenvalue weighted by atomic mass is 32.2. The van der Waals surface area contributed by atoms with Crippen LogP contribution in [0.5, 0.6) is 0 Å². The number of nitrogens with zero attached hydrogens (tertiary/aromatic N) is 3. The Morgan fingerprint density at radius 1 is 1.33 bits per heavy atom. The zero-order valence-electron chi connectivity index (χ0n) is 10.4. The summed E-state index contributed by atoms with van der Waals surface area (Å²) in [5, 5.41) is 8.86. The summed E-state index contributed by atoms with van der Waals surface area (Å²) in [6, 6.07) is 4.69. The van der Waals surface area contributed by atoms with Gasteiger partial charge in [-0.1, -0.05) is 17.8 Å². The van der Waals surface area contributed by atoms with Gasteiger partial charge >= 0.3 is 0 Å². The molecule has 0 aliphatic rings. The van der Waals surface area contributed by atoms with E-state index in [1.165, 1.54) is 23.9 Å². The van der Waals surface area contributed by atoms with Crippen molar-refractivity contribution in [1.82, 2.24) is 14.8 Å². The topological polar surface area (TPSA) is 56.7 Å². The molecule has 0 saturated carbocycles. The highest BCUT2D eigenvalue weighted by Crippen LogP contribution is 2.23. The lowest BCUT2D eigenvalue weighted by molar-refractivity contribution is 0.625. The van der Waals surface area contributed by atoms with E-state index in [0.29, 0.717) is 12.3 Å². The summed E-state index contributed by atoms with van der Waals surface area (Å²) in [4.78, 5) is 0. The Morgan fingerprint density at radius 2 is 2.11 bits per heavy atom. The van der Waals surface area contributed by atoms with Crippen LogP contribution in [0.3, 0.4) is 0 Å². The fraction of sp³-hybridized carbons (Fsp3) is 0.333. The first-order valence-electron chi connectivity index (χ1n) is 5.58. The molecule has 2 aromatic rings. The normalized spacial score (nSPS) is 10.9. The SMILES string of the molecule is Cc1nnc(SCc2cc(F)ccc2CN)n1C. The van der Waals surface area contributed by atoms with Crippen LogP contribution < -0.4 is 5.73 Å². The quantitative estimate of drug-likeness (QED) is 0.860. The number of aryl methyl sites for hydroxylation is 1. The largest absolute Gasteiger partial charge is 0.326 e. The molecule has 96 valence electrons. The summed E-state index contributed by atoms with van der Waals surface area (Å²) in [5.74, 6) is 1.25. The van der Waals surface area contributed by atoms with Gasteiger partial charge in [0.1, 0.15) is 11.6 Å². The number of aromatic nitrogens is 3. The van der Waals surface area contributed by atoms with Crippen LogP contribution >= 0.6 is 11.8 Å². The van der Waals surface area contributed by atoms with Crippen LogP contribution in [0, 0.1) is 12.7 Å². The van der Waals surface area contributed by atoms with Crippen LogP contribution in [-0.2, 0) is 19.3 Å². The lowest BCUT2D eigenvalue weighted by Crippen LogP contribution is -2.02. The Hall–Kier alpha value is -1.40. The van der Waals surface area contributed by atoms with Gasteiger partial charge in [0.25, 0.3) is 0 Å². The molecule has 18 heavy (non-hydrogen) atoms. The van der Waals surface area contributed by atoms with Crippen LogP contribution in [0.2, 0.25) is 0 Å². The van der Waals surface area contributed by atoms with E-state index in [-0.39, 0.29) is 5.82 Å². The van der Waals surface area contributed by atoms with Gasteiger partial charge in [-0.3, -0.25) is 0 Å². The molecule has 0 aliphatic carbocycles. The van der Waals surface area contributed by atoms with E-state index in [1.807, 2.05) is 18.5 Å². The number of hydrogen-bond acceptors (Lipinski definition) is 4. The second-order valence-corrected chi connectivity index (χ2v) is 4.94. The van der Waals surface area contributed by atoms with Gasteiger partial charge in [0.05, 0.1) is 0 Å². The molecule has 1 aromatic carbocycles. The standard InChI is InChI=1S/C12H15FN4S/c1-8-15-16-12(17(8)2)18-7-10-5-11(13)4-3-9(10)6-14/h3-5H,6-7,14H2,1-2H3. The van der Waals surface area contributed by atoms with Crippen LogP contribution in [0.15, 0.2) is 23.4 Å². The molecule has 1 heterocycles. The number of hydrogen-bond donors (Lipinski definition) is 1. The molecule has 0 bridgehead atoms. The summed E-state index contributed by atoms with van der Waals surface area (Å²) in [5.41, 5.74) is 7.51. The monoisotopic (exact) mass is 266 g/mol. The van der Waals surface area contributed by atoms with Crippen molar-refractivity contribution in [3.8, 4) is 0 Å². The second kappa shape index (κ2) is 5.49. The first-order valence-corrected chi connectivity index (χ1v) is 6.56. The molecule has 0 saturated heterocycles. The lowest BCUT2D eigenvalue weighted by atomic mass is 10.1. The number of benzene rings is 1. The summed E-state index contributed by atoms with van der Waals surface area (Å²) >= 11 is 1.53. The van der Waals surface area contributed by atoms with E-state index < -0.39 is 0 Å². The molecular formula is C12H15FN4S. The average Bonchev–Trinajstić information content (AvgIpc) is 2.68. The Bertz CT molecular complexity index is 553. The van der Waals surface area contributed by atoms with E-state index in [2.05, 4.69) is 10.2 Å². The fourth-order valence-corrected chi connectivity index (χ4v) is 2.56. The van der Waals surface area contributed by atoms with E-state index in [0.717, 1.165) is 22.1 Å². The smallest absolute Gasteiger partial charge is 0.191 e. The van der Waals surface area contributed by atoms with Crippen LogP contribution in [-0.4, -0.2) is 14.8 Å². The summed E-state index contributed by atoms with van der Waals surface area (Å²) < 4.78 is 15.1. The van der Waals surface area contributed by atoms with Gasteiger partial charge < -0.3 is 10.3 Å². The maximum atomic E-state index is 13.2. The molecule has 0 spiro atoms. The number of halogens is 1. The molecule has 2 rings (SSSR count). The third-order valence-corrected chi connectivity index (χ3v) is 3.87. The lowest BCUT2D eigenvalue weighted by Gasteiger charge is -2.07. The van der Waals surface area contributed by atoms with Crippen molar-refractivity contribution < 1.29 is 4.39 Å². The van der Waals surface area contributed by atoms with Crippen molar-refractivity contribution in [2.75, 3.05) is 0 Å². The molecule has 0 radical (unpaired) electrons. The fourth-order valence-electron chi connectivity index (χ4n) is 1.58. The van der Waals surface area contributed by atoms with Crippen LogP contribution in [0.4, 0.5) is 4.39 Å². The average molecular weight is 266 g/mol. The molecule has 0 atom stereocenters. The summed E-state index contributed by atoms with van der Waals surface area (Å²) in [6.07, 6.45) is 0. The highest BCUT2D eigenvalue weighted by molar-refractivity contribution is 7.98. The maximum absolute atomic E-state index is 13.2. The van der Waals surface area contributed by atoms with Crippen molar-refractivity contribution in [1.29, 1.82) is 0 Å². The zero-order chi connectivity index (χ0) is 13.1. The predicted octanol–water partition coefficient (Wildman–Crippen LogP) is 2.01. The van der Waals surface area contributed by atoms with Crippen molar-refractivity contribution in [3.63, 3.8) is 0 Å². The third kappa shape index (κ3) is 2.70. The van der Waals surface area contributed by atoms with E-state index in [4.69, 9.17) is 5.73 Å². The third-order valence-electron chi connectivity index (χ3n) is 2.80. The second-order valence-electron chi connectivity index (χ2n) is 3.99. The Morgan fingerprint density at radius 3 is 2.72 bits per heavy atom. The molecule has 1 aromatic heterocycles. The molecule has 6 heteroatoms. The highest BCUT2D eigenvalue weighted by Gasteiger charge is 2.08. The number of rotatable bonds is 4. The first kappa shape index (κ1) is 13.0. The van der Waals surface area contributed by atoms with Gasteiger partial charge in [0, 0.05) is 19.3 Å². The van der Waals surface area contributed by atoms with Crippen molar-refractivity contribution >= 4 is 11.8 Å². The molecule has 2 N–H and O–H groups in total. The molecule has 0 unspecified atom stereocenters. The Balaban J connectivity index is 2.15. The molecule has 0 fully saturated rings. The van der Waals surface area contributed by atoms with Gasteiger partial charge in [0.2, 0.25) is 0 Å². The zero-order valence-corrected chi connectivity index (χ0v) is 11.2. The minimum atomic E-state index is -0.239. The van der Waals surface area contributed by atoms with Gasteiger partial charge in [-0.15, -0.1) is 10.2 Å². The summed E-state index contributed by atoms with van der Waals surface area (Å²) in [7, 11) is 1.91. The number of nitrogens with two attached hydrogens (primary N) is 1. The van der Waals surface area contributed by atoms with Crippen molar-refractivity contribution in [2.24, 2.45) is 12.8 Å². The molecule has 4 nitrogen and oxygen atoms in total. The molecular weight excluding hydrogens is 251 g/mol. The van der Waals surface area contributed by atoms with Gasteiger partial charge in [-0.05, 0) is 30.2 Å². The van der Waals surface area contributed by atoms with Gasteiger partial charge in [0.15, 0.2) is 5.16 Å². The minimum Gasteiger partial charge on any atom is -0.326 e. The first-order chi connectivity index (χ1) is 8.61. The molecule has 0 amide bonds. The van der Waals surface area contributed by atoms with Gasteiger partial charge in [-0.2, -0.15) is 0 Å². The van der Waals surface area contributed by atoms with Crippen molar-refractivity contribution in [3.05, 3.63) is 41.0 Å². The molecule has 0 aliphatic heterocycles. The van der Waals surface area contributed by atoms with E-state index >= 15 is 0 Å². The van der Waals surface area contributed by atoms with E-state index in [1.54, 1.807) is 6.07 Å².